The average molecular weight is 437 g/mol. The van der Waals surface area contributed by atoms with Gasteiger partial charge < -0.3 is 16.4 Å². The Balaban J connectivity index is 1.68. The minimum Gasteiger partial charge on any atom is -0.401 e. The highest BCUT2D eigenvalue weighted by molar-refractivity contribution is 7.99. The summed E-state index contributed by atoms with van der Waals surface area (Å²) in [4.78, 5) is 18.7. The highest BCUT2D eigenvalue weighted by Gasteiger charge is 2.22. The minimum atomic E-state index is -0.142. The fourth-order valence-corrected chi connectivity index (χ4v) is 4.41. The molecule has 5 nitrogen and oxygen atoms in total. The quantitative estimate of drug-likeness (QED) is 0.419. The van der Waals surface area contributed by atoms with Gasteiger partial charge in [-0.15, -0.1) is 11.8 Å². The Morgan fingerprint density at radius 3 is 2.71 bits per heavy atom. The number of ketones is 1. The number of aliphatic imine (C=N–C) groups is 1. The average Bonchev–Trinajstić information content (AvgIpc) is 2.75. The van der Waals surface area contributed by atoms with Crippen LogP contribution in [-0.2, 0) is 4.79 Å². The van der Waals surface area contributed by atoms with Crippen LogP contribution in [0.2, 0.25) is 0 Å². The molecule has 2 unspecified atom stereocenters. The maximum atomic E-state index is 13.0. The number of likely N-dealkylation sites (N-methyl/N-ethyl adjacent to an activating group) is 1. The molecule has 0 saturated heterocycles. The summed E-state index contributed by atoms with van der Waals surface area (Å²) in [6.07, 6.45) is 10.5. The number of carbonyl (C=O) groups excluding carboxylic acids is 1. The predicted molar refractivity (Wildman–Crippen MR) is 131 cm³/mol. The summed E-state index contributed by atoms with van der Waals surface area (Å²) in [6, 6.07) is 8.26. The topological polar surface area (TPSA) is 79.5 Å². The molecule has 0 fully saturated rings. The van der Waals surface area contributed by atoms with E-state index in [0.29, 0.717) is 22.3 Å². The van der Waals surface area contributed by atoms with Crippen molar-refractivity contribution in [2.45, 2.75) is 43.4 Å². The van der Waals surface area contributed by atoms with Gasteiger partial charge >= 0.3 is 0 Å². The zero-order valence-corrected chi connectivity index (χ0v) is 19.5. The monoisotopic (exact) mass is 436 g/mol. The zero-order valence-electron chi connectivity index (χ0n) is 18.7. The largest absolute Gasteiger partial charge is 0.401 e. The molecule has 2 aliphatic rings. The fraction of sp³-hybridized carbons (Fsp3) is 0.360. The van der Waals surface area contributed by atoms with Gasteiger partial charge in [0, 0.05) is 40.6 Å². The van der Waals surface area contributed by atoms with Gasteiger partial charge in [0.25, 0.3) is 0 Å². The molecule has 164 valence electrons. The smallest absolute Gasteiger partial charge is 0.205 e. The SMILES string of the molecule is CNCC1=CCC(C(N)=CC(=O)C2=C(C)N=CC(c3ccc(SC(C)C)cc3)N2)C=C1. The maximum absolute atomic E-state index is 13.0. The van der Waals surface area contributed by atoms with Crippen LogP contribution in [0.5, 0.6) is 0 Å². The second-order valence-corrected chi connectivity index (χ2v) is 9.77. The molecule has 1 aromatic rings. The van der Waals surface area contributed by atoms with Crippen LogP contribution in [0.4, 0.5) is 0 Å². The Bertz CT molecular complexity index is 954. The van der Waals surface area contributed by atoms with Gasteiger partial charge in [0.15, 0.2) is 0 Å². The molecule has 0 aromatic heterocycles. The van der Waals surface area contributed by atoms with Crippen molar-refractivity contribution in [1.29, 1.82) is 0 Å². The van der Waals surface area contributed by atoms with Gasteiger partial charge in [-0.05, 0) is 43.7 Å². The number of hydrogen-bond donors (Lipinski definition) is 3. The molecule has 1 aliphatic heterocycles. The molecule has 1 heterocycles. The van der Waals surface area contributed by atoms with E-state index in [1.165, 1.54) is 16.5 Å². The molecule has 1 aliphatic carbocycles. The van der Waals surface area contributed by atoms with Crippen molar-refractivity contribution in [3.63, 3.8) is 0 Å². The van der Waals surface area contributed by atoms with Crippen molar-refractivity contribution in [2.24, 2.45) is 16.6 Å². The lowest BCUT2D eigenvalue weighted by Gasteiger charge is -2.23. The van der Waals surface area contributed by atoms with Crippen LogP contribution < -0.4 is 16.4 Å². The van der Waals surface area contributed by atoms with Crippen molar-refractivity contribution in [3.8, 4) is 0 Å². The molecule has 3 rings (SSSR count). The predicted octanol–water partition coefficient (Wildman–Crippen LogP) is 4.27. The second kappa shape index (κ2) is 10.6. The molecule has 0 radical (unpaired) electrons. The normalized spacial score (nSPS) is 21.3. The number of nitrogens with zero attached hydrogens (tertiary/aromatic N) is 1. The van der Waals surface area contributed by atoms with Crippen LogP contribution in [0.3, 0.4) is 0 Å². The lowest BCUT2D eigenvalue weighted by molar-refractivity contribution is -0.111. The molecule has 2 atom stereocenters. The standard InChI is InChI=1S/C25H32N4OS/c1-16(2)31-21-11-9-20(10-12-21)23-15-28-17(3)25(29-23)24(30)13-22(26)19-7-5-18(6-8-19)14-27-4/h5-7,9-13,15-16,19,23,27,29H,8,14,26H2,1-4H3. The molecule has 6 heteroatoms. The molecule has 31 heavy (non-hydrogen) atoms. The van der Waals surface area contributed by atoms with E-state index in [2.05, 4.69) is 72.0 Å². The third kappa shape index (κ3) is 6.21. The summed E-state index contributed by atoms with van der Waals surface area (Å²) < 4.78 is 0. The first-order valence-corrected chi connectivity index (χ1v) is 11.6. The number of benzene rings is 1. The summed E-state index contributed by atoms with van der Waals surface area (Å²) in [7, 11) is 1.93. The zero-order chi connectivity index (χ0) is 22.4. The van der Waals surface area contributed by atoms with E-state index >= 15 is 0 Å². The highest BCUT2D eigenvalue weighted by Crippen LogP contribution is 2.26. The van der Waals surface area contributed by atoms with E-state index in [4.69, 9.17) is 5.73 Å². The maximum Gasteiger partial charge on any atom is 0.205 e. The first-order chi connectivity index (χ1) is 14.9. The van der Waals surface area contributed by atoms with Gasteiger partial charge in [0.1, 0.15) is 5.70 Å². The van der Waals surface area contributed by atoms with E-state index in [9.17, 15) is 4.79 Å². The van der Waals surface area contributed by atoms with E-state index in [0.717, 1.165) is 18.5 Å². The van der Waals surface area contributed by atoms with Gasteiger partial charge in [0.2, 0.25) is 5.78 Å². The van der Waals surface area contributed by atoms with Crippen molar-refractivity contribution < 1.29 is 4.79 Å². The van der Waals surface area contributed by atoms with Crippen LogP contribution in [0.1, 0.15) is 38.8 Å². The van der Waals surface area contributed by atoms with Gasteiger partial charge in [-0.2, -0.15) is 0 Å². The summed E-state index contributed by atoms with van der Waals surface area (Å²) in [5.41, 5.74) is 10.3. The van der Waals surface area contributed by atoms with Crippen LogP contribution in [-0.4, -0.2) is 30.8 Å². The number of hydrogen-bond acceptors (Lipinski definition) is 6. The van der Waals surface area contributed by atoms with E-state index in [1.807, 2.05) is 31.9 Å². The molecule has 0 bridgehead atoms. The molecule has 0 amide bonds. The summed E-state index contributed by atoms with van der Waals surface area (Å²) >= 11 is 1.83. The first-order valence-electron chi connectivity index (χ1n) is 10.7. The number of carbonyl (C=O) groups is 1. The van der Waals surface area contributed by atoms with Gasteiger partial charge in [-0.3, -0.25) is 9.79 Å². The van der Waals surface area contributed by atoms with Crippen molar-refractivity contribution in [2.75, 3.05) is 13.6 Å². The Labute approximate surface area is 189 Å². The fourth-order valence-electron chi connectivity index (χ4n) is 3.57. The van der Waals surface area contributed by atoms with Crippen molar-refractivity contribution in [1.82, 2.24) is 10.6 Å². The second-order valence-electron chi connectivity index (χ2n) is 8.12. The molecule has 0 spiro atoms. The van der Waals surface area contributed by atoms with Crippen LogP contribution >= 0.6 is 11.8 Å². The number of nitrogens with one attached hydrogen (secondary N) is 2. The van der Waals surface area contributed by atoms with Crippen molar-refractivity contribution in [3.05, 3.63) is 76.8 Å². The third-order valence-electron chi connectivity index (χ3n) is 5.22. The Morgan fingerprint density at radius 2 is 2.10 bits per heavy atom. The third-order valence-corrected chi connectivity index (χ3v) is 6.24. The Morgan fingerprint density at radius 1 is 1.35 bits per heavy atom. The van der Waals surface area contributed by atoms with Crippen LogP contribution in [0, 0.1) is 5.92 Å². The Kier molecular flexibility index (Phi) is 7.93. The lowest BCUT2D eigenvalue weighted by atomic mass is 9.93. The van der Waals surface area contributed by atoms with E-state index in [-0.39, 0.29) is 17.7 Å². The van der Waals surface area contributed by atoms with Crippen molar-refractivity contribution >= 4 is 23.8 Å². The molecular weight excluding hydrogens is 404 g/mol. The van der Waals surface area contributed by atoms with E-state index in [1.54, 1.807) is 0 Å². The van der Waals surface area contributed by atoms with E-state index < -0.39 is 0 Å². The number of nitrogens with two attached hydrogens (primary N) is 1. The lowest BCUT2D eigenvalue weighted by Crippen LogP contribution is -2.30. The number of rotatable bonds is 8. The molecular formula is C25H32N4OS. The molecule has 4 N–H and O–H groups in total. The van der Waals surface area contributed by atoms with Crippen LogP contribution in [0.15, 0.2) is 81.1 Å². The van der Waals surface area contributed by atoms with Gasteiger partial charge in [-0.1, -0.05) is 44.2 Å². The number of allylic oxidation sites excluding steroid dienone is 4. The summed E-state index contributed by atoms with van der Waals surface area (Å²) in [5, 5.41) is 7.03. The van der Waals surface area contributed by atoms with Gasteiger partial charge in [-0.25, -0.2) is 0 Å². The molecule has 1 aromatic carbocycles. The van der Waals surface area contributed by atoms with Gasteiger partial charge in [0.05, 0.1) is 11.7 Å². The summed E-state index contributed by atoms with van der Waals surface area (Å²) in [6.45, 7) is 7.03. The Hall–Kier alpha value is -2.57. The first kappa shape index (κ1) is 23.1. The van der Waals surface area contributed by atoms with Crippen LogP contribution in [0.25, 0.3) is 0 Å². The number of thioether (sulfide) groups is 1. The summed E-state index contributed by atoms with van der Waals surface area (Å²) in [5.74, 6) is -0.0958. The molecule has 0 saturated carbocycles. The highest BCUT2D eigenvalue weighted by atomic mass is 32.2. The minimum absolute atomic E-state index is 0.0411.